The molecule has 4 saturated heterocycles. The van der Waals surface area contributed by atoms with Crippen molar-refractivity contribution in [2.45, 2.75) is 69.6 Å². The van der Waals surface area contributed by atoms with Crippen molar-refractivity contribution in [3.05, 3.63) is 210 Å². The van der Waals surface area contributed by atoms with Gasteiger partial charge in [0, 0.05) is 165 Å². The second-order valence-corrected chi connectivity index (χ2v) is 31.2. The zero-order valence-corrected chi connectivity index (χ0v) is 66.1. The Morgan fingerprint density at radius 3 is 1.05 bits per heavy atom. The number of hydrogen-bond donors (Lipinski definition) is 7. The molecule has 19 rings (SSSR count). The first-order valence-corrected chi connectivity index (χ1v) is 39.6. The van der Waals surface area contributed by atoms with E-state index < -0.39 is 0 Å². The van der Waals surface area contributed by atoms with Crippen molar-refractivity contribution in [2.24, 2.45) is 17.8 Å². The van der Waals surface area contributed by atoms with Crippen LogP contribution < -0.4 is 38.9 Å². The van der Waals surface area contributed by atoms with E-state index in [0.29, 0.717) is 152 Å². The molecule has 30 nitrogen and oxygen atoms in total. The standard InChI is InChI=1S/C23H22FN5O2.C22H20FN5O2.C22H22N6O2.C21H20FN5O3/c1-28(16-11-29(12-16)22(30)13-5-6-13)23(31)18-10-26-21(25)20-17(18)7-8-19(27-20)14-3-2-4-15(24)9-14;23-14-3-1-2-13(8-14)18-7-6-16-17(9-25-20(24)19(16)27-18)21(29)26-15-10-28(11-15)22(30)12-4-5-12;1-12-8-14(6-7-24-12)18-5-4-16-17(9-25-20(23)19(16)27-18)21(29)26-15-10-28(11-15)22(30)13-2-3-13;1-30-11-18(28)27-9-14(10-27)25-21(29)16-8-24-20(23)19-15(16)5-6-17(26-19)12-3-2-4-13(22)7-12/h2-4,7-10,13,16H,5-6,11-12H2,1H3,(H2,25,26);1-3,6-9,12,15H,4-5,10-11H2,(H2,24,25)(H,26,29);4-9,13,15H,2-3,10-11H2,1H3,(H2,23,25)(H,26,29);2-8,14H,9-11H2,1H3,(H2,23,24)(H,25,29). The monoisotopic (exact) mass is 1640 g/mol. The summed E-state index contributed by atoms with van der Waals surface area (Å²) < 4.78 is 45.5. The maximum absolute atomic E-state index is 13.6. The number of nitrogen functional groups attached to an aromatic ring is 4. The predicted octanol–water partition coefficient (Wildman–Crippen LogP) is 8.62. The lowest BCUT2D eigenvalue weighted by molar-refractivity contribution is -0.140. The molecule has 0 unspecified atom stereocenters. The third-order valence-electron chi connectivity index (χ3n) is 22.3. The van der Waals surface area contributed by atoms with Gasteiger partial charge in [0.1, 0.15) is 69.4 Å². The number of fused-ring (bicyclic) bond motifs is 4. The molecule has 121 heavy (non-hydrogen) atoms. The van der Waals surface area contributed by atoms with E-state index in [4.69, 9.17) is 27.7 Å². The molecule has 8 amide bonds. The highest BCUT2D eigenvalue weighted by Gasteiger charge is 2.44. The molecule has 3 aromatic carbocycles. The average Bonchev–Trinajstić information content (AvgIpc) is 1.59. The van der Waals surface area contributed by atoms with Crippen LogP contribution in [-0.2, 0) is 23.9 Å². The third kappa shape index (κ3) is 17.7. The third-order valence-corrected chi connectivity index (χ3v) is 22.3. The fraction of sp³-hybridized carbons (Fsp3) is 0.284. The highest BCUT2D eigenvalue weighted by Crippen LogP contribution is 2.38. The molecule has 9 aromatic heterocycles. The summed E-state index contributed by atoms with van der Waals surface area (Å²) >= 11 is 0. The zero-order chi connectivity index (χ0) is 84.6. The van der Waals surface area contributed by atoms with Gasteiger partial charge in [-0.05, 0) is 143 Å². The molecule has 3 saturated carbocycles. The van der Waals surface area contributed by atoms with Gasteiger partial charge in [-0.15, -0.1) is 0 Å². The van der Waals surface area contributed by atoms with Crippen LogP contribution in [0.1, 0.15) is 85.7 Å². The molecular weight excluding hydrogens is 1550 g/mol. The molecule has 12 aromatic rings. The average molecular weight is 1640 g/mol. The molecule has 33 heteroatoms. The summed E-state index contributed by atoms with van der Waals surface area (Å²) in [5, 5.41) is 11.2. The van der Waals surface area contributed by atoms with E-state index in [-0.39, 0.29) is 137 Å². The number of carbonyl (C=O) groups excluding carboxylic acids is 8. The Bertz CT molecular complexity index is 5960. The van der Waals surface area contributed by atoms with Gasteiger partial charge >= 0.3 is 0 Å². The Morgan fingerprint density at radius 1 is 0.413 bits per heavy atom. The van der Waals surface area contributed by atoms with Crippen molar-refractivity contribution in [3.63, 3.8) is 0 Å². The maximum Gasteiger partial charge on any atom is 0.256 e. The Morgan fingerprint density at radius 2 is 0.727 bits per heavy atom. The number of methoxy groups -OCH3 is 1. The van der Waals surface area contributed by atoms with Crippen molar-refractivity contribution in [1.29, 1.82) is 0 Å². The second-order valence-electron chi connectivity index (χ2n) is 31.2. The molecule has 4 aliphatic heterocycles. The molecule has 0 atom stereocenters. The number of carbonyl (C=O) groups is 8. The van der Waals surface area contributed by atoms with Crippen LogP contribution in [0.5, 0.6) is 0 Å². The summed E-state index contributed by atoms with van der Waals surface area (Å²) in [6.07, 6.45) is 13.4. The summed E-state index contributed by atoms with van der Waals surface area (Å²) in [6.45, 7) is 6.09. The van der Waals surface area contributed by atoms with E-state index in [0.717, 1.165) is 55.5 Å². The quantitative estimate of drug-likeness (QED) is 0.0448. The SMILES string of the molecule is CN(C(=O)c1cnc(N)c2nc(-c3cccc(F)c3)ccc12)C1CN(C(=O)C2CC2)C1.COCC(=O)N1CC(NC(=O)c2cnc(N)c3nc(-c4cccc(F)c4)ccc23)C1.Cc1cc(-c2ccc3c(C(=O)NC4CN(C(=O)C5CC5)C4)cnc(N)c3n2)ccn1.Nc1ncc(C(=O)NC2CN(C(=O)C3CC3)C2)c2ccc(-c3cccc(F)c3)nc12. The lowest BCUT2D eigenvalue weighted by atomic mass is 10.0. The highest BCUT2D eigenvalue weighted by molar-refractivity contribution is 6.12. The van der Waals surface area contributed by atoms with E-state index in [2.05, 4.69) is 60.8 Å². The number of benzene rings is 3. The molecule has 13 heterocycles. The number of likely N-dealkylation sites (tertiary alicyclic amines) is 4. The van der Waals surface area contributed by atoms with Gasteiger partial charge in [0.2, 0.25) is 23.6 Å². The topological polar surface area (TPSA) is 418 Å². The van der Waals surface area contributed by atoms with Gasteiger partial charge in [-0.1, -0.05) is 36.4 Å². The molecular formula is C88H84F3N21O9. The van der Waals surface area contributed by atoms with Gasteiger partial charge in [0.15, 0.2) is 0 Å². The molecule has 0 spiro atoms. The largest absolute Gasteiger partial charge is 0.382 e. The van der Waals surface area contributed by atoms with Gasteiger partial charge in [-0.25, -0.2) is 53.0 Å². The Balaban J connectivity index is 0.000000120. The van der Waals surface area contributed by atoms with Crippen molar-refractivity contribution < 1.29 is 56.3 Å². The van der Waals surface area contributed by atoms with Crippen molar-refractivity contribution in [1.82, 2.24) is 85.3 Å². The molecule has 0 bridgehead atoms. The number of anilines is 4. The number of ether oxygens (including phenoxy) is 1. The summed E-state index contributed by atoms with van der Waals surface area (Å²) in [4.78, 5) is 147. The minimum absolute atomic E-state index is 0.0203. The van der Waals surface area contributed by atoms with Crippen LogP contribution in [0.25, 0.3) is 88.6 Å². The number of amides is 8. The molecule has 7 fully saturated rings. The Labute approximate surface area is 690 Å². The van der Waals surface area contributed by atoms with Crippen molar-refractivity contribution in [3.8, 4) is 45.0 Å². The number of nitrogens with two attached hydrogens (primary N) is 4. The van der Waals surface area contributed by atoms with Gasteiger partial charge in [-0.2, -0.15) is 0 Å². The van der Waals surface area contributed by atoms with Crippen LogP contribution in [0, 0.1) is 42.1 Å². The number of rotatable bonds is 17. The van der Waals surface area contributed by atoms with Crippen LogP contribution in [0.4, 0.5) is 36.4 Å². The van der Waals surface area contributed by atoms with E-state index >= 15 is 0 Å². The summed E-state index contributed by atoms with van der Waals surface area (Å²) in [6, 6.07) is 36.0. The number of nitrogens with one attached hydrogen (secondary N) is 3. The lowest BCUT2D eigenvalue weighted by Crippen LogP contribution is -2.61. The number of halogens is 3. The summed E-state index contributed by atoms with van der Waals surface area (Å²) in [7, 11) is 3.20. The van der Waals surface area contributed by atoms with Gasteiger partial charge in [-0.3, -0.25) is 43.3 Å². The fourth-order valence-electron chi connectivity index (χ4n) is 14.8. The van der Waals surface area contributed by atoms with Crippen LogP contribution in [0.15, 0.2) is 164 Å². The maximum atomic E-state index is 13.6. The van der Waals surface area contributed by atoms with Crippen LogP contribution in [-0.4, -0.2) is 214 Å². The van der Waals surface area contributed by atoms with Crippen LogP contribution in [0.2, 0.25) is 0 Å². The molecule has 11 N–H and O–H groups in total. The van der Waals surface area contributed by atoms with E-state index in [1.807, 2.05) is 41.0 Å². The Hall–Kier alpha value is -14.2. The number of aromatic nitrogens is 9. The smallest absolute Gasteiger partial charge is 0.256 e. The van der Waals surface area contributed by atoms with Gasteiger partial charge in [0.25, 0.3) is 23.6 Å². The highest BCUT2D eigenvalue weighted by atomic mass is 19.1. The van der Waals surface area contributed by atoms with Crippen molar-refractivity contribution >= 4 is 114 Å². The van der Waals surface area contributed by atoms with Crippen molar-refractivity contribution in [2.75, 3.05) is 96.1 Å². The summed E-state index contributed by atoms with van der Waals surface area (Å²) in [5.41, 5.74) is 33.3. The number of aryl methyl sites for hydroxylation is 1. The number of likely N-dealkylation sites (N-methyl/N-ethyl adjacent to an activating group) is 1. The summed E-state index contributed by atoms with van der Waals surface area (Å²) in [5.74, 6) is -0.186. The van der Waals surface area contributed by atoms with E-state index in [9.17, 15) is 51.5 Å². The van der Waals surface area contributed by atoms with E-state index in [1.165, 1.54) is 68.3 Å². The van der Waals surface area contributed by atoms with Crippen LogP contribution in [0.3, 0.4) is 0 Å². The molecule has 0 radical (unpaired) electrons. The van der Waals surface area contributed by atoms with Gasteiger partial charge < -0.3 is 68.1 Å². The molecule has 3 aliphatic carbocycles. The first kappa shape index (κ1) is 80.5. The zero-order valence-electron chi connectivity index (χ0n) is 66.1. The van der Waals surface area contributed by atoms with Gasteiger partial charge in [0.05, 0.1) is 69.2 Å². The first-order chi connectivity index (χ1) is 58.4. The Kier molecular flexibility index (Phi) is 22.6. The number of hydrogen-bond acceptors (Lipinski definition) is 22. The minimum atomic E-state index is -0.368. The predicted molar refractivity (Wildman–Crippen MR) is 446 cm³/mol. The molecule has 7 aliphatic rings. The fourth-order valence-corrected chi connectivity index (χ4v) is 14.8. The second kappa shape index (κ2) is 34.0. The number of nitrogens with zero attached hydrogens (tertiary/aromatic N) is 14. The van der Waals surface area contributed by atoms with Crippen LogP contribution >= 0.6 is 0 Å². The normalized spacial score (nSPS) is 15.7. The van der Waals surface area contributed by atoms with E-state index in [1.54, 1.807) is 101 Å². The molecule has 616 valence electrons. The first-order valence-electron chi connectivity index (χ1n) is 39.6. The lowest BCUT2D eigenvalue weighted by Gasteiger charge is -2.44. The minimum Gasteiger partial charge on any atom is -0.382 e. The number of pyridine rings is 9.